The van der Waals surface area contributed by atoms with Crippen LogP contribution in [0.4, 0.5) is 0 Å². The van der Waals surface area contributed by atoms with Crippen molar-refractivity contribution >= 4 is 5.97 Å². The Hall–Kier alpha value is -1.55. The average molecular weight is 236 g/mol. The maximum absolute atomic E-state index is 11.8. The third-order valence-corrected chi connectivity index (χ3v) is 3.07. The van der Waals surface area contributed by atoms with Crippen molar-refractivity contribution < 1.29 is 19.4 Å². The van der Waals surface area contributed by atoms with Gasteiger partial charge in [-0.1, -0.05) is 32.9 Å². The van der Waals surface area contributed by atoms with E-state index in [0.717, 1.165) is 0 Å². The molecule has 0 aliphatic carbocycles. The fourth-order valence-electron chi connectivity index (χ4n) is 1.99. The molecule has 0 bridgehead atoms. The Morgan fingerprint density at radius 2 is 2.00 bits per heavy atom. The third-order valence-electron chi connectivity index (χ3n) is 3.07. The van der Waals surface area contributed by atoms with Crippen LogP contribution in [-0.2, 0) is 10.5 Å². The van der Waals surface area contributed by atoms with E-state index in [9.17, 15) is 9.90 Å². The molecule has 1 aromatic rings. The second-order valence-corrected chi connectivity index (χ2v) is 5.17. The van der Waals surface area contributed by atoms with Crippen LogP contribution in [0.3, 0.4) is 0 Å². The third kappa shape index (κ3) is 1.52. The Bertz CT molecular complexity index is 473. The molecule has 0 amide bonds. The van der Waals surface area contributed by atoms with Gasteiger partial charge in [0.1, 0.15) is 11.3 Å². The second kappa shape index (κ2) is 3.47. The number of methoxy groups -OCH3 is 1. The molecule has 4 heteroatoms. The summed E-state index contributed by atoms with van der Waals surface area (Å²) >= 11 is 0. The zero-order chi connectivity index (χ0) is 12.8. The van der Waals surface area contributed by atoms with E-state index in [2.05, 4.69) is 0 Å². The van der Waals surface area contributed by atoms with Crippen LogP contribution < -0.4 is 4.74 Å². The van der Waals surface area contributed by atoms with Gasteiger partial charge in [-0.25, -0.2) is 4.79 Å². The summed E-state index contributed by atoms with van der Waals surface area (Å²) in [4.78, 5) is 11.8. The van der Waals surface area contributed by atoms with E-state index >= 15 is 0 Å². The minimum absolute atomic E-state index is 0.312. The van der Waals surface area contributed by atoms with Gasteiger partial charge >= 0.3 is 5.97 Å². The van der Waals surface area contributed by atoms with Crippen LogP contribution in [0.2, 0.25) is 0 Å². The molecule has 1 N–H and O–H groups in total. The molecule has 92 valence electrons. The fraction of sp³-hybridized carbons (Fsp3) is 0.462. The molecule has 1 unspecified atom stereocenters. The maximum atomic E-state index is 11.8. The van der Waals surface area contributed by atoms with Crippen LogP contribution >= 0.6 is 0 Å². The summed E-state index contributed by atoms with van der Waals surface area (Å²) in [7, 11) is 1.48. The number of fused-ring (bicyclic) bond motifs is 1. The van der Waals surface area contributed by atoms with E-state index in [4.69, 9.17) is 9.47 Å². The summed E-state index contributed by atoms with van der Waals surface area (Å²) in [5.74, 6) is -1.73. The van der Waals surface area contributed by atoms with Crippen LogP contribution in [0, 0.1) is 5.41 Å². The predicted molar refractivity (Wildman–Crippen MR) is 61.8 cm³/mol. The first-order valence-corrected chi connectivity index (χ1v) is 5.44. The molecule has 2 rings (SSSR count). The summed E-state index contributed by atoms with van der Waals surface area (Å²) < 4.78 is 10.3. The van der Waals surface area contributed by atoms with Crippen molar-refractivity contribution in [1.82, 2.24) is 0 Å². The molecule has 1 heterocycles. The summed E-state index contributed by atoms with van der Waals surface area (Å²) in [5, 5.41) is 10.6. The SMILES string of the molecule is COc1cccc2c1C(=O)OC2(O)C(C)(C)C. The molecule has 17 heavy (non-hydrogen) atoms. The van der Waals surface area contributed by atoms with E-state index in [-0.39, 0.29) is 0 Å². The Kier molecular flexibility index (Phi) is 2.43. The van der Waals surface area contributed by atoms with Crippen molar-refractivity contribution in [2.75, 3.05) is 7.11 Å². The molecule has 1 aromatic carbocycles. The van der Waals surface area contributed by atoms with Crippen LogP contribution in [0.25, 0.3) is 0 Å². The van der Waals surface area contributed by atoms with Gasteiger partial charge in [-0.3, -0.25) is 0 Å². The number of esters is 1. The minimum atomic E-state index is -1.60. The number of carbonyl (C=O) groups excluding carboxylic acids is 1. The highest BCUT2D eigenvalue weighted by molar-refractivity contribution is 5.97. The molecule has 0 radical (unpaired) electrons. The predicted octanol–water partition coefficient (Wildman–Crippen LogP) is 2.06. The van der Waals surface area contributed by atoms with E-state index in [0.29, 0.717) is 16.9 Å². The minimum Gasteiger partial charge on any atom is -0.496 e. The summed E-state index contributed by atoms with van der Waals surface area (Å²) in [6, 6.07) is 5.10. The summed E-state index contributed by atoms with van der Waals surface area (Å²) in [6.07, 6.45) is 0. The highest BCUT2D eigenvalue weighted by Gasteiger charge is 2.53. The lowest BCUT2D eigenvalue weighted by atomic mass is 9.80. The van der Waals surface area contributed by atoms with Crippen LogP contribution in [0.5, 0.6) is 5.75 Å². The highest BCUT2D eigenvalue weighted by Crippen LogP contribution is 2.48. The smallest absolute Gasteiger partial charge is 0.345 e. The highest BCUT2D eigenvalue weighted by atomic mass is 16.7. The molecule has 1 atom stereocenters. The van der Waals surface area contributed by atoms with Crippen molar-refractivity contribution in [3.63, 3.8) is 0 Å². The Labute approximate surface area is 100 Å². The number of rotatable bonds is 1. The van der Waals surface area contributed by atoms with Gasteiger partial charge in [-0.05, 0) is 6.07 Å². The Balaban J connectivity index is 2.68. The quantitative estimate of drug-likeness (QED) is 0.758. The van der Waals surface area contributed by atoms with Crippen LogP contribution in [0.1, 0.15) is 36.7 Å². The van der Waals surface area contributed by atoms with Crippen molar-refractivity contribution in [2.45, 2.75) is 26.6 Å². The number of benzene rings is 1. The van der Waals surface area contributed by atoms with Gasteiger partial charge in [0, 0.05) is 11.0 Å². The van der Waals surface area contributed by atoms with Crippen LogP contribution in [-0.4, -0.2) is 18.2 Å². The van der Waals surface area contributed by atoms with Crippen molar-refractivity contribution in [2.24, 2.45) is 5.41 Å². The largest absolute Gasteiger partial charge is 0.496 e. The van der Waals surface area contributed by atoms with E-state index in [1.165, 1.54) is 7.11 Å². The lowest BCUT2D eigenvalue weighted by Gasteiger charge is -2.35. The van der Waals surface area contributed by atoms with Gasteiger partial charge in [-0.15, -0.1) is 0 Å². The zero-order valence-electron chi connectivity index (χ0n) is 10.4. The fourth-order valence-corrected chi connectivity index (χ4v) is 1.99. The molecule has 0 saturated heterocycles. The molecule has 0 aromatic heterocycles. The molecular weight excluding hydrogens is 220 g/mol. The Morgan fingerprint density at radius 3 is 2.53 bits per heavy atom. The molecule has 0 fully saturated rings. The lowest BCUT2D eigenvalue weighted by molar-refractivity contribution is -0.228. The molecule has 0 saturated carbocycles. The molecule has 1 aliphatic heterocycles. The van der Waals surface area contributed by atoms with Gasteiger partial charge < -0.3 is 14.6 Å². The topological polar surface area (TPSA) is 55.8 Å². The van der Waals surface area contributed by atoms with Crippen LogP contribution in [0.15, 0.2) is 18.2 Å². The first kappa shape index (κ1) is 11.9. The summed E-state index contributed by atoms with van der Waals surface area (Å²) in [5.41, 5.74) is 0.169. The lowest BCUT2D eigenvalue weighted by Crippen LogP contribution is -2.40. The van der Waals surface area contributed by atoms with E-state index < -0.39 is 17.2 Å². The van der Waals surface area contributed by atoms with E-state index in [1.54, 1.807) is 18.2 Å². The van der Waals surface area contributed by atoms with E-state index in [1.807, 2.05) is 20.8 Å². The standard InChI is InChI=1S/C13H16O4/c1-12(2,3)13(15)8-6-5-7-9(16-4)10(8)11(14)17-13/h5-7,15H,1-4H3. The number of ether oxygens (including phenoxy) is 2. The number of hydrogen-bond acceptors (Lipinski definition) is 4. The second-order valence-electron chi connectivity index (χ2n) is 5.17. The first-order valence-electron chi connectivity index (χ1n) is 5.44. The number of hydrogen-bond donors (Lipinski definition) is 1. The van der Waals surface area contributed by atoms with Gasteiger partial charge in [0.2, 0.25) is 5.79 Å². The number of carbonyl (C=O) groups is 1. The number of cyclic esters (lactones) is 1. The van der Waals surface area contributed by atoms with Crippen molar-refractivity contribution in [3.05, 3.63) is 29.3 Å². The maximum Gasteiger partial charge on any atom is 0.345 e. The molecule has 1 aliphatic rings. The van der Waals surface area contributed by atoms with Gasteiger partial charge in [0.15, 0.2) is 0 Å². The molecule has 4 nitrogen and oxygen atoms in total. The monoisotopic (exact) mass is 236 g/mol. The normalized spacial score (nSPS) is 23.2. The average Bonchev–Trinajstić information content (AvgIpc) is 2.52. The Morgan fingerprint density at radius 1 is 1.35 bits per heavy atom. The summed E-state index contributed by atoms with van der Waals surface area (Å²) in [6.45, 7) is 5.44. The molecular formula is C13H16O4. The van der Waals surface area contributed by atoms with Crippen molar-refractivity contribution in [3.8, 4) is 5.75 Å². The first-order chi connectivity index (χ1) is 7.81. The van der Waals surface area contributed by atoms with Gasteiger partial charge in [0.25, 0.3) is 0 Å². The molecule has 0 spiro atoms. The van der Waals surface area contributed by atoms with Gasteiger partial charge in [-0.2, -0.15) is 0 Å². The number of aliphatic hydroxyl groups is 1. The zero-order valence-corrected chi connectivity index (χ0v) is 10.4. The van der Waals surface area contributed by atoms with Crippen molar-refractivity contribution in [1.29, 1.82) is 0 Å². The van der Waals surface area contributed by atoms with Gasteiger partial charge in [0.05, 0.1) is 7.11 Å².